The highest BCUT2D eigenvalue weighted by Crippen LogP contribution is 1.93. The maximum absolute atomic E-state index is 10.9. The number of nitrogens with zero attached hydrogens (tertiary/aromatic N) is 2. The normalized spacial score (nSPS) is 22.8. The summed E-state index contributed by atoms with van der Waals surface area (Å²) in [5, 5.41) is 4.10. The van der Waals surface area contributed by atoms with Crippen LogP contribution in [-0.2, 0) is 9.53 Å². The van der Waals surface area contributed by atoms with Crippen LogP contribution in [-0.4, -0.2) is 35.8 Å². The standard InChI is InChI=1S/C5H6N4O3/c1-12-4-2(9-6)3(10)7-5(11)8-4/h4H,1H3,(H2,7,8,10,11)/t4-/m1/s1. The van der Waals surface area contributed by atoms with Crippen molar-refractivity contribution in [3.8, 4) is 0 Å². The smallest absolute Gasteiger partial charge is 0.361 e. The summed E-state index contributed by atoms with van der Waals surface area (Å²) in [7, 11) is 1.27. The molecule has 1 heterocycles. The fourth-order valence-corrected chi connectivity index (χ4v) is 0.778. The lowest BCUT2D eigenvalue weighted by atomic mass is 10.2. The number of hydrogen-bond acceptors (Lipinski definition) is 3. The number of nitrogens with one attached hydrogen (secondary N) is 2. The lowest BCUT2D eigenvalue weighted by Crippen LogP contribution is -2.59. The number of hydrogen-bond donors (Lipinski definition) is 2. The molecule has 1 saturated heterocycles. The molecule has 1 fully saturated rings. The molecule has 1 atom stereocenters. The molecular weight excluding hydrogens is 164 g/mol. The second-order valence-electron chi connectivity index (χ2n) is 2.03. The van der Waals surface area contributed by atoms with Gasteiger partial charge < -0.3 is 15.6 Å². The molecule has 0 spiro atoms. The topological polar surface area (TPSA) is 104 Å². The second-order valence-corrected chi connectivity index (χ2v) is 2.03. The Bertz CT molecular complexity index is 280. The van der Waals surface area contributed by atoms with Gasteiger partial charge in [0, 0.05) is 7.11 Å². The first kappa shape index (κ1) is 8.38. The number of imide groups is 1. The van der Waals surface area contributed by atoms with E-state index in [0.29, 0.717) is 0 Å². The van der Waals surface area contributed by atoms with Gasteiger partial charge in [-0.25, -0.2) is 4.79 Å². The minimum absolute atomic E-state index is 0.280. The zero-order valence-corrected chi connectivity index (χ0v) is 6.20. The van der Waals surface area contributed by atoms with Gasteiger partial charge >= 0.3 is 17.6 Å². The van der Waals surface area contributed by atoms with E-state index in [1.165, 1.54) is 7.11 Å². The van der Waals surface area contributed by atoms with Gasteiger partial charge in [0.15, 0.2) is 0 Å². The van der Waals surface area contributed by atoms with E-state index in [0.717, 1.165) is 0 Å². The molecule has 7 heteroatoms. The maximum Gasteiger partial charge on any atom is 0.405 e. The molecule has 64 valence electrons. The number of rotatable bonds is 1. The molecule has 1 aliphatic rings. The van der Waals surface area contributed by atoms with Crippen molar-refractivity contribution in [1.29, 1.82) is 0 Å². The van der Waals surface area contributed by atoms with Gasteiger partial charge in [-0.2, -0.15) is 4.79 Å². The summed E-state index contributed by atoms with van der Waals surface area (Å²) in [6.45, 7) is 0. The predicted molar refractivity (Wildman–Crippen MR) is 36.1 cm³/mol. The summed E-state index contributed by atoms with van der Waals surface area (Å²) >= 11 is 0. The number of urea groups is 1. The van der Waals surface area contributed by atoms with Gasteiger partial charge in [-0.05, 0) is 0 Å². The van der Waals surface area contributed by atoms with Gasteiger partial charge in [0.2, 0.25) is 6.23 Å². The highest BCUT2D eigenvalue weighted by atomic mass is 16.5. The number of ether oxygens (including phenoxy) is 1. The van der Waals surface area contributed by atoms with E-state index in [1.807, 2.05) is 5.32 Å². The summed E-state index contributed by atoms with van der Waals surface area (Å²) in [6, 6.07) is -0.681. The Labute approximate surface area is 67.3 Å². The molecule has 0 aromatic carbocycles. The average Bonchev–Trinajstić information content (AvgIpc) is 2.03. The molecule has 0 aromatic rings. The number of carbonyl (C=O) groups is 2. The van der Waals surface area contributed by atoms with Crippen LogP contribution in [0.4, 0.5) is 4.79 Å². The Kier molecular flexibility index (Phi) is 2.18. The SMILES string of the molecule is CO[C@H]1NC(=O)NC(=O)C1=[N+]=[N-]. The van der Waals surface area contributed by atoms with Gasteiger partial charge in [0.25, 0.3) is 0 Å². The van der Waals surface area contributed by atoms with Crippen LogP contribution in [0.3, 0.4) is 0 Å². The number of carbonyl (C=O) groups excluding carboxylic acids is 2. The van der Waals surface area contributed by atoms with E-state index < -0.39 is 18.2 Å². The van der Waals surface area contributed by atoms with Crippen molar-refractivity contribution in [2.24, 2.45) is 0 Å². The monoisotopic (exact) mass is 170 g/mol. The van der Waals surface area contributed by atoms with Crippen LogP contribution >= 0.6 is 0 Å². The third-order valence-electron chi connectivity index (χ3n) is 1.31. The molecule has 0 aromatic heterocycles. The lowest BCUT2D eigenvalue weighted by molar-refractivity contribution is -0.121. The number of methoxy groups -OCH3 is 1. The van der Waals surface area contributed by atoms with Crippen molar-refractivity contribution in [3.05, 3.63) is 5.53 Å². The first-order chi connectivity index (χ1) is 5.69. The average molecular weight is 170 g/mol. The first-order valence-electron chi connectivity index (χ1n) is 3.05. The van der Waals surface area contributed by atoms with Crippen molar-refractivity contribution < 1.29 is 19.1 Å². The van der Waals surface area contributed by atoms with Crippen LogP contribution in [0.25, 0.3) is 5.53 Å². The van der Waals surface area contributed by atoms with Gasteiger partial charge in [-0.3, -0.25) is 10.1 Å². The second kappa shape index (κ2) is 3.12. The van der Waals surface area contributed by atoms with Crippen LogP contribution in [0.15, 0.2) is 0 Å². The fourth-order valence-electron chi connectivity index (χ4n) is 0.778. The summed E-state index contributed by atoms with van der Waals surface area (Å²) < 4.78 is 4.65. The van der Waals surface area contributed by atoms with Crippen molar-refractivity contribution in [3.63, 3.8) is 0 Å². The lowest BCUT2D eigenvalue weighted by Gasteiger charge is -2.16. The Morgan fingerprint density at radius 1 is 1.58 bits per heavy atom. The Hall–Kier alpha value is -1.72. The summed E-state index contributed by atoms with van der Waals surface area (Å²) in [5.74, 6) is -0.770. The molecule has 0 saturated carbocycles. The highest BCUT2D eigenvalue weighted by Gasteiger charge is 2.38. The van der Waals surface area contributed by atoms with Gasteiger partial charge in [-0.15, -0.1) is 0 Å². The van der Waals surface area contributed by atoms with Crippen LogP contribution in [0.1, 0.15) is 0 Å². The van der Waals surface area contributed by atoms with E-state index in [1.54, 1.807) is 0 Å². The molecular formula is C5H6N4O3. The minimum Gasteiger partial charge on any atom is -0.361 e. The molecule has 0 radical (unpaired) electrons. The molecule has 1 aliphatic heterocycles. The van der Waals surface area contributed by atoms with E-state index >= 15 is 0 Å². The Balaban J connectivity index is 2.92. The predicted octanol–water partition coefficient (Wildman–Crippen LogP) is -1.53. The first-order valence-corrected chi connectivity index (χ1v) is 3.05. The Morgan fingerprint density at radius 2 is 2.25 bits per heavy atom. The molecule has 2 N–H and O–H groups in total. The van der Waals surface area contributed by atoms with E-state index in [4.69, 9.17) is 5.53 Å². The quantitative estimate of drug-likeness (QED) is 0.368. The summed E-state index contributed by atoms with van der Waals surface area (Å²) in [5.41, 5.74) is 8.06. The van der Waals surface area contributed by atoms with Gasteiger partial charge in [-0.1, -0.05) is 0 Å². The molecule has 1 rings (SSSR count). The van der Waals surface area contributed by atoms with Crippen molar-refractivity contribution >= 4 is 17.6 Å². The van der Waals surface area contributed by atoms with Crippen molar-refractivity contribution in [1.82, 2.24) is 10.6 Å². The fraction of sp³-hybridized carbons (Fsp3) is 0.400. The molecule has 7 nitrogen and oxygen atoms in total. The van der Waals surface area contributed by atoms with Crippen LogP contribution < -0.4 is 10.6 Å². The van der Waals surface area contributed by atoms with Crippen LogP contribution in [0.5, 0.6) is 0 Å². The molecule has 3 amide bonds. The third kappa shape index (κ3) is 1.31. The van der Waals surface area contributed by atoms with Crippen LogP contribution in [0, 0.1) is 0 Å². The molecule has 0 bridgehead atoms. The summed E-state index contributed by atoms with van der Waals surface area (Å²) in [4.78, 5) is 24.2. The van der Waals surface area contributed by atoms with Crippen molar-refractivity contribution in [2.45, 2.75) is 6.23 Å². The molecule has 0 unspecified atom stereocenters. The summed E-state index contributed by atoms with van der Waals surface area (Å²) in [6.07, 6.45) is -0.990. The highest BCUT2D eigenvalue weighted by molar-refractivity contribution is 6.42. The van der Waals surface area contributed by atoms with Gasteiger partial charge in [0.1, 0.15) is 0 Å². The third-order valence-corrected chi connectivity index (χ3v) is 1.31. The zero-order valence-electron chi connectivity index (χ0n) is 6.20. The largest absolute Gasteiger partial charge is 0.405 e. The van der Waals surface area contributed by atoms with E-state index in [-0.39, 0.29) is 5.71 Å². The van der Waals surface area contributed by atoms with Gasteiger partial charge in [0.05, 0.1) is 0 Å². The molecule has 12 heavy (non-hydrogen) atoms. The van der Waals surface area contributed by atoms with E-state index in [2.05, 4.69) is 14.8 Å². The molecule has 0 aliphatic carbocycles. The van der Waals surface area contributed by atoms with E-state index in [9.17, 15) is 9.59 Å². The zero-order chi connectivity index (χ0) is 9.14. The Morgan fingerprint density at radius 3 is 2.75 bits per heavy atom. The minimum atomic E-state index is -0.990. The maximum atomic E-state index is 10.9. The van der Waals surface area contributed by atoms with Crippen molar-refractivity contribution in [2.75, 3.05) is 7.11 Å². The number of amides is 3. The van der Waals surface area contributed by atoms with Crippen LogP contribution in [0.2, 0.25) is 0 Å².